The van der Waals surface area contributed by atoms with E-state index in [1.165, 1.54) is 23.0 Å². The Balaban J connectivity index is 1.77. The van der Waals surface area contributed by atoms with E-state index in [1.54, 1.807) is 18.6 Å². The van der Waals surface area contributed by atoms with Crippen LogP contribution >= 0.6 is 0 Å². The summed E-state index contributed by atoms with van der Waals surface area (Å²) in [5.41, 5.74) is 10.8. The van der Waals surface area contributed by atoms with Crippen LogP contribution in [0.15, 0.2) is 61.1 Å². The third-order valence-corrected chi connectivity index (χ3v) is 4.93. The molecule has 0 amide bonds. The van der Waals surface area contributed by atoms with Gasteiger partial charge in [0.25, 0.3) is 0 Å². The average molecular weight is 420 g/mol. The summed E-state index contributed by atoms with van der Waals surface area (Å²) in [4.78, 5) is 7.98. The molecule has 6 nitrogen and oxygen atoms in total. The molecule has 0 aliphatic rings. The van der Waals surface area contributed by atoms with Crippen molar-refractivity contribution in [1.29, 1.82) is 0 Å². The van der Waals surface area contributed by atoms with Gasteiger partial charge >= 0.3 is 0 Å². The van der Waals surface area contributed by atoms with Crippen molar-refractivity contribution in [1.82, 2.24) is 24.9 Å². The summed E-state index contributed by atoms with van der Waals surface area (Å²) in [5.74, 6) is -1.14. The molecular weight excluding hydrogens is 398 g/mol. The molecule has 0 radical (unpaired) electrons. The molecule has 0 saturated heterocycles. The molecule has 31 heavy (non-hydrogen) atoms. The van der Waals surface area contributed by atoms with Gasteiger partial charge in [-0.05, 0) is 55.6 Å². The second-order valence-corrected chi connectivity index (χ2v) is 7.55. The quantitative estimate of drug-likeness (QED) is 0.480. The highest BCUT2D eigenvalue weighted by atomic mass is 19.1. The molecule has 0 bridgehead atoms. The van der Waals surface area contributed by atoms with Crippen molar-refractivity contribution in [2.45, 2.75) is 13.0 Å². The molecule has 0 atom stereocenters. The number of hydrogen-bond acceptors (Lipinski definition) is 5. The lowest BCUT2D eigenvalue weighted by Gasteiger charge is -2.17. The van der Waals surface area contributed by atoms with Gasteiger partial charge in [0.15, 0.2) is 0 Å². The molecule has 2 aromatic carbocycles. The third-order valence-electron chi connectivity index (χ3n) is 4.93. The Morgan fingerprint density at radius 2 is 1.71 bits per heavy atom. The van der Waals surface area contributed by atoms with Crippen molar-refractivity contribution in [2.75, 3.05) is 19.8 Å². The molecule has 0 aliphatic carbocycles. The van der Waals surface area contributed by atoms with Gasteiger partial charge < -0.3 is 10.6 Å². The first-order chi connectivity index (χ1) is 14.9. The Bertz CT molecular complexity index is 1170. The molecule has 0 unspecified atom stereocenters. The fraction of sp³-hybridized carbons (Fsp3) is 0.174. The first kappa shape index (κ1) is 20.6. The maximum absolute atomic E-state index is 14.2. The molecule has 4 aromatic rings. The predicted octanol–water partition coefficient (Wildman–Crippen LogP) is 3.84. The van der Waals surface area contributed by atoms with Crippen LogP contribution in [0.25, 0.3) is 16.9 Å². The number of aromatic nitrogens is 4. The maximum Gasteiger partial charge on any atom is 0.129 e. The summed E-state index contributed by atoms with van der Waals surface area (Å²) in [6.45, 7) is 0.585. The van der Waals surface area contributed by atoms with Crippen LogP contribution in [0.1, 0.15) is 16.7 Å². The van der Waals surface area contributed by atoms with E-state index >= 15 is 0 Å². The van der Waals surface area contributed by atoms with Crippen molar-refractivity contribution in [2.24, 2.45) is 0 Å². The standard InChI is InChI=1S/C23H22F2N6/c1-30(2)14-16-10-15(11-18-20(24)4-3-5-21(18)25)12-19(23(16)26)22-7-6-17(13-27-22)31-28-8-9-29-31/h3-10,12-13H,11,14,26H2,1-2H3. The largest absolute Gasteiger partial charge is 0.398 e. The Labute approximate surface area is 179 Å². The van der Waals surface area contributed by atoms with Gasteiger partial charge in [0.05, 0.1) is 24.3 Å². The highest BCUT2D eigenvalue weighted by Crippen LogP contribution is 2.31. The number of halogens is 2. The molecule has 0 saturated carbocycles. The zero-order chi connectivity index (χ0) is 22.0. The minimum atomic E-state index is -0.568. The summed E-state index contributed by atoms with van der Waals surface area (Å²) >= 11 is 0. The smallest absolute Gasteiger partial charge is 0.129 e. The number of nitrogens with zero attached hydrogens (tertiary/aromatic N) is 5. The molecule has 2 N–H and O–H groups in total. The first-order valence-electron chi connectivity index (χ1n) is 9.74. The van der Waals surface area contributed by atoms with Crippen molar-refractivity contribution in [3.8, 4) is 16.9 Å². The Hall–Kier alpha value is -3.65. The molecule has 0 fully saturated rings. The van der Waals surface area contributed by atoms with E-state index in [0.717, 1.165) is 11.1 Å². The second kappa shape index (κ2) is 8.61. The van der Waals surface area contributed by atoms with Gasteiger partial charge in [0, 0.05) is 29.8 Å². The summed E-state index contributed by atoms with van der Waals surface area (Å²) in [6.07, 6.45) is 4.95. The van der Waals surface area contributed by atoms with Crippen LogP contribution in [0.2, 0.25) is 0 Å². The Kier molecular flexibility index (Phi) is 5.73. The van der Waals surface area contributed by atoms with E-state index in [-0.39, 0.29) is 12.0 Å². The molecular formula is C23H22F2N6. The summed E-state index contributed by atoms with van der Waals surface area (Å²) in [6, 6.07) is 11.3. The molecule has 8 heteroatoms. The normalized spacial score (nSPS) is 11.3. The van der Waals surface area contributed by atoms with Gasteiger partial charge in [-0.1, -0.05) is 12.1 Å². The topological polar surface area (TPSA) is 72.9 Å². The molecule has 0 spiro atoms. The lowest BCUT2D eigenvalue weighted by Crippen LogP contribution is -2.13. The van der Waals surface area contributed by atoms with Gasteiger partial charge in [-0.3, -0.25) is 4.98 Å². The molecule has 2 aromatic heterocycles. The van der Waals surface area contributed by atoms with Crippen LogP contribution in [0.4, 0.5) is 14.5 Å². The summed E-state index contributed by atoms with van der Waals surface area (Å²) in [7, 11) is 3.87. The van der Waals surface area contributed by atoms with E-state index in [4.69, 9.17) is 5.73 Å². The summed E-state index contributed by atoms with van der Waals surface area (Å²) in [5, 5.41) is 8.19. The molecule has 4 rings (SSSR count). The van der Waals surface area contributed by atoms with Gasteiger partial charge in [-0.15, -0.1) is 0 Å². The minimum Gasteiger partial charge on any atom is -0.398 e. The van der Waals surface area contributed by atoms with Gasteiger partial charge in [-0.25, -0.2) is 8.78 Å². The number of rotatable bonds is 6. The fourth-order valence-electron chi connectivity index (χ4n) is 3.48. The summed E-state index contributed by atoms with van der Waals surface area (Å²) < 4.78 is 28.5. The van der Waals surface area contributed by atoms with Gasteiger partial charge in [0.2, 0.25) is 0 Å². The van der Waals surface area contributed by atoms with Crippen LogP contribution in [0, 0.1) is 11.6 Å². The van der Waals surface area contributed by atoms with Crippen molar-refractivity contribution in [3.63, 3.8) is 0 Å². The first-order valence-corrected chi connectivity index (χ1v) is 9.74. The Morgan fingerprint density at radius 3 is 2.32 bits per heavy atom. The Morgan fingerprint density at radius 1 is 1.00 bits per heavy atom. The average Bonchev–Trinajstić information content (AvgIpc) is 3.28. The minimum absolute atomic E-state index is 0.0297. The number of nitrogen functional groups attached to an aromatic ring is 1. The number of pyridine rings is 1. The van der Waals surface area contributed by atoms with Crippen LogP contribution in [0.5, 0.6) is 0 Å². The molecule has 158 valence electrons. The zero-order valence-electron chi connectivity index (χ0n) is 17.3. The number of anilines is 1. The highest BCUT2D eigenvalue weighted by molar-refractivity contribution is 5.77. The van der Waals surface area contributed by atoms with E-state index in [1.807, 2.05) is 43.3 Å². The number of nitrogens with two attached hydrogens (primary N) is 1. The maximum atomic E-state index is 14.2. The number of hydrogen-bond donors (Lipinski definition) is 1. The van der Waals surface area contributed by atoms with E-state index in [2.05, 4.69) is 15.2 Å². The van der Waals surface area contributed by atoms with Crippen molar-refractivity contribution >= 4 is 5.69 Å². The van der Waals surface area contributed by atoms with Crippen molar-refractivity contribution < 1.29 is 8.78 Å². The zero-order valence-corrected chi connectivity index (χ0v) is 17.3. The van der Waals surface area contributed by atoms with Crippen molar-refractivity contribution in [3.05, 3.63) is 89.4 Å². The SMILES string of the molecule is CN(C)Cc1cc(Cc2c(F)cccc2F)cc(-c2ccc(-n3nccn3)cn2)c1N. The van der Waals surface area contributed by atoms with E-state index in [9.17, 15) is 8.78 Å². The van der Waals surface area contributed by atoms with Crippen LogP contribution < -0.4 is 5.73 Å². The lowest BCUT2D eigenvalue weighted by atomic mass is 9.95. The third kappa shape index (κ3) is 4.44. The lowest BCUT2D eigenvalue weighted by molar-refractivity contribution is 0.403. The van der Waals surface area contributed by atoms with Crippen LogP contribution in [-0.2, 0) is 13.0 Å². The van der Waals surface area contributed by atoms with Gasteiger partial charge in [-0.2, -0.15) is 15.0 Å². The highest BCUT2D eigenvalue weighted by Gasteiger charge is 2.15. The van der Waals surface area contributed by atoms with E-state index in [0.29, 0.717) is 29.2 Å². The van der Waals surface area contributed by atoms with E-state index < -0.39 is 11.6 Å². The fourth-order valence-corrected chi connectivity index (χ4v) is 3.48. The predicted molar refractivity (Wildman–Crippen MR) is 116 cm³/mol. The second-order valence-electron chi connectivity index (χ2n) is 7.55. The van der Waals surface area contributed by atoms with Gasteiger partial charge in [0.1, 0.15) is 17.3 Å². The number of benzene rings is 2. The van der Waals surface area contributed by atoms with Crippen LogP contribution in [0.3, 0.4) is 0 Å². The van der Waals surface area contributed by atoms with Crippen LogP contribution in [-0.4, -0.2) is 39.0 Å². The molecule has 2 heterocycles. The molecule has 0 aliphatic heterocycles. The monoisotopic (exact) mass is 420 g/mol.